The fourth-order valence-corrected chi connectivity index (χ4v) is 2.73. The second-order valence-corrected chi connectivity index (χ2v) is 5.47. The van der Waals surface area contributed by atoms with E-state index in [0.717, 1.165) is 6.07 Å². The molecule has 6 nitrogen and oxygen atoms in total. The summed E-state index contributed by atoms with van der Waals surface area (Å²) >= 11 is 0. The predicted molar refractivity (Wildman–Crippen MR) is 73.3 cm³/mol. The normalized spacial score (nSPS) is 22.1. The maximum Gasteiger partial charge on any atom is 0.328 e. The minimum Gasteiger partial charge on any atom is -0.391 e. The first-order valence-corrected chi connectivity index (χ1v) is 6.52. The molecule has 1 heterocycles. The van der Waals surface area contributed by atoms with Crippen LogP contribution in [0.15, 0.2) is 12.1 Å². The van der Waals surface area contributed by atoms with Gasteiger partial charge in [0.1, 0.15) is 11.5 Å². The Balaban J connectivity index is 2.46. The number of anilines is 1. The smallest absolute Gasteiger partial charge is 0.328 e. The highest BCUT2D eigenvalue weighted by Crippen LogP contribution is 2.36. The van der Waals surface area contributed by atoms with Crippen LogP contribution in [0.1, 0.15) is 6.42 Å². The summed E-state index contributed by atoms with van der Waals surface area (Å²) in [5, 5.41) is 20.9. The van der Waals surface area contributed by atoms with Crippen LogP contribution in [0, 0.1) is 21.7 Å². The summed E-state index contributed by atoms with van der Waals surface area (Å²) in [6, 6.07) is 1.20. The van der Waals surface area contributed by atoms with Gasteiger partial charge in [0.05, 0.1) is 11.0 Å². The van der Waals surface area contributed by atoms with Gasteiger partial charge in [-0.15, -0.1) is 0 Å². The Hall–Kier alpha value is -1.80. The van der Waals surface area contributed by atoms with Gasteiger partial charge in [-0.3, -0.25) is 10.1 Å². The number of nitro benzene ring substituents is 1. The Kier molecular flexibility index (Phi) is 4.38. The molecule has 2 unspecified atom stereocenters. The summed E-state index contributed by atoms with van der Waals surface area (Å²) < 4.78 is 27.2. The molecule has 2 rings (SSSR count). The largest absolute Gasteiger partial charge is 0.391 e. The summed E-state index contributed by atoms with van der Waals surface area (Å²) in [4.78, 5) is 13.6. The second-order valence-electron chi connectivity index (χ2n) is 5.47. The third kappa shape index (κ3) is 3.27. The Labute approximate surface area is 120 Å². The van der Waals surface area contributed by atoms with Gasteiger partial charge in [-0.1, -0.05) is 0 Å². The molecule has 0 aromatic heterocycles. The van der Waals surface area contributed by atoms with Gasteiger partial charge in [-0.25, -0.2) is 4.39 Å². The van der Waals surface area contributed by atoms with E-state index in [4.69, 9.17) is 0 Å². The molecular formula is C13H17F2N3O3. The lowest BCUT2D eigenvalue weighted by atomic mass is 10.1. The van der Waals surface area contributed by atoms with Crippen molar-refractivity contribution in [1.29, 1.82) is 0 Å². The standard InChI is InChI=1S/C13H17F2N3O3/c1-16(2)6-9-5-10(19)7-17(9)12-4-8(14)3-11(15)13(12)18(20)21/h3-4,9-10,19H,5-7H2,1-2H3. The quantitative estimate of drug-likeness (QED) is 0.672. The maximum atomic E-state index is 13.7. The van der Waals surface area contributed by atoms with Crippen molar-refractivity contribution in [3.63, 3.8) is 0 Å². The Morgan fingerprint density at radius 2 is 2.14 bits per heavy atom. The molecule has 21 heavy (non-hydrogen) atoms. The van der Waals surface area contributed by atoms with E-state index in [-0.39, 0.29) is 18.3 Å². The molecule has 0 bridgehead atoms. The highest BCUT2D eigenvalue weighted by Gasteiger charge is 2.36. The summed E-state index contributed by atoms with van der Waals surface area (Å²) in [5.41, 5.74) is -0.879. The van der Waals surface area contributed by atoms with Crippen molar-refractivity contribution in [1.82, 2.24) is 4.90 Å². The first-order valence-electron chi connectivity index (χ1n) is 6.52. The van der Waals surface area contributed by atoms with E-state index < -0.39 is 28.3 Å². The third-order valence-electron chi connectivity index (χ3n) is 3.47. The molecule has 1 fully saturated rings. The number of hydrogen-bond acceptors (Lipinski definition) is 5. The van der Waals surface area contributed by atoms with E-state index in [1.807, 2.05) is 19.0 Å². The summed E-state index contributed by atoms with van der Waals surface area (Å²) in [7, 11) is 3.65. The molecule has 1 aromatic rings. The fourth-order valence-electron chi connectivity index (χ4n) is 2.73. The molecule has 8 heteroatoms. The van der Waals surface area contributed by atoms with Crippen molar-refractivity contribution in [3.8, 4) is 0 Å². The maximum absolute atomic E-state index is 13.7. The van der Waals surface area contributed by atoms with Crippen LogP contribution < -0.4 is 4.90 Å². The predicted octanol–water partition coefficient (Wildman–Crippen LogP) is 1.37. The molecule has 1 aromatic carbocycles. The van der Waals surface area contributed by atoms with Crippen LogP contribution in [0.3, 0.4) is 0 Å². The second kappa shape index (κ2) is 5.90. The van der Waals surface area contributed by atoms with Gasteiger partial charge in [0.25, 0.3) is 0 Å². The molecule has 0 aliphatic carbocycles. The summed E-state index contributed by atoms with van der Waals surface area (Å²) in [6.45, 7) is 0.634. The molecule has 116 valence electrons. The number of rotatable bonds is 4. The number of nitro groups is 1. The molecule has 0 amide bonds. The number of halogens is 2. The van der Waals surface area contributed by atoms with Crippen molar-refractivity contribution in [2.45, 2.75) is 18.6 Å². The third-order valence-corrected chi connectivity index (χ3v) is 3.47. The molecule has 2 atom stereocenters. The average Bonchev–Trinajstić information content (AvgIpc) is 2.67. The van der Waals surface area contributed by atoms with Gasteiger partial charge < -0.3 is 14.9 Å². The topological polar surface area (TPSA) is 69.8 Å². The molecule has 1 saturated heterocycles. The average molecular weight is 301 g/mol. The SMILES string of the molecule is CN(C)CC1CC(O)CN1c1cc(F)cc(F)c1[N+](=O)[O-]. The first-order chi connectivity index (χ1) is 9.79. The van der Waals surface area contributed by atoms with Crippen molar-refractivity contribution >= 4 is 11.4 Å². The zero-order valence-electron chi connectivity index (χ0n) is 11.8. The number of β-amino-alcohol motifs (C(OH)–C–C–N with tert-alkyl or cyclic N) is 1. The van der Waals surface area contributed by atoms with Crippen LogP contribution in [0.25, 0.3) is 0 Å². The van der Waals surface area contributed by atoms with Gasteiger partial charge >= 0.3 is 5.69 Å². The van der Waals surface area contributed by atoms with Crippen LogP contribution in [0.2, 0.25) is 0 Å². The molecular weight excluding hydrogens is 284 g/mol. The minimum atomic E-state index is -1.21. The van der Waals surface area contributed by atoms with Gasteiger partial charge in [0.15, 0.2) is 0 Å². The van der Waals surface area contributed by atoms with Crippen LogP contribution in [0.5, 0.6) is 0 Å². The van der Waals surface area contributed by atoms with E-state index in [1.165, 1.54) is 4.90 Å². The van der Waals surface area contributed by atoms with Gasteiger partial charge in [-0.2, -0.15) is 4.39 Å². The van der Waals surface area contributed by atoms with Crippen LogP contribution in [0.4, 0.5) is 20.2 Å². The zero-order chi connectivity index (χ0) is 15.7. The molecule has 1 aliphatic rings. The van der Waals surface area contributed by atoms with Crippen molar-refractivity contribution in [2.24, 2.45) is 0 Å². The number of likely N-dealkylation sites (N-methyl/N-ethyl adjacent to an activating group) is 1. The monoisotopic (exact) mass is 301 g/mol. The molecule has 0 saturated carbocycles. The van der Waals surface area contributed by atoms with Crippen LogP contribution in [-0.4, -0.2) is 54.3 Å². The van der Waals surface area contributed by atoms with E-state index in [0.29, 0.717) is 19.0 Å². The molecule has 0 radical (unpaired) electrons. The molecule has 0 spiro atoms. The summed E-state index contributed by atoms with van der Waals surface area (Å²) in [6.07, 6.45) is -0.283. The minimum absolute atomic E-state index is 0.113. The van der Waals surface area contributed by atoms with Crippen LogP contribution in [-0.2, 0) is 0 Å². The van der Waals surface area contributed by atoms with Crippen molar-refractivity contribution in [2.75, 3.05) is 32.1 Å². The first kappa shape index (κ1) is 15.6. The number of hydrogen-bond donors (Lipinski definition) is 1. The zero-order valence-corrected chi connectivity index (χ0v) is 11.8. The molecule has 1 aliphatic heterocycles. The number of nitrogens with zero attached hydrogens (tertiary/aromatic N) is 3. The Morgan fingerprint density at radius 1 is 1.48 bits per heavy atom. The highest BCUT2D eigenvalue weighted by atomic mass is 19.1. The fraction of sp³-hybridized carbons (Fsp3) is 0.538. The summed E-state index contributed by atoms with van der Waals surface area (Å²) in [5.74, 6) is -2.09. The lowest BCUT2D eigenvalue weighted by molar-refractivity contribution is -0.386. The van der Waals surface area contributed by atoms with E-state index in [1.54, 1.807) is 0 Å². The highest BCUT2D eigenvalue weighted by molar-refractivity contribution is 5.65. The Morgan fingerprint density at radius 3 is 2.71 bits per heavy atom. The van der Waals surface area contributed by atoms with Crippen molar-refractivity contribution < 1.29 is 18.8 Å². The van der Waals surface area contributed by atoms with E-state index >= 15 is 0 Å². The lowest BCUT2D eigenvalue weighted by Gasteiger charge is -2.28. The van der Waals surface area contributed by atoms with Gasteiger partial charge in [0.2, 0.25) is 5.82 Å². The van der Waals surface area contributed by atoms with E-state index in [9.17, 15) is 24.0 Å². The molecule has 1 N–H and O–H groups in total. The Bertz CT molecular complexity index is 554. The van der Waals surface area contributed by atoms with Crippen LogP contribution >= 0.6 is 0 Å². The lowest BCUT2D eigenvalue weighted by Crippen LogP contribution is -2.38. The number of benzene rings is 1. The number of aliphatic hydroxyl groups is 1. The van der Waals surface area contributed by atoms with E-state index in [2.05, 4.69) is 0 Å². The van der Waals surface area contributed by atoms with Crippen molar-refractivity contribution in [3.05, 3.63) is 33.9 Å². The van der Waals surface area contributed by atoms with Gasteiger partial charge in [0, 0.05) is 31.3 Å². The number of aliphatic hydroxyl groups excluding tert-OH is 1. The van der Waals surface area contributed by atoms with Gasteiger partial charge in [-0.05, 0) is 20.5 Å².